The molecule has 0 aromatic heterocycles. The summed E-state index contributed by atoms with van der Waals surface area (Å²) in [5, 5.41) is 4.34. The minimum atomic E-state index is 0.542. The van der Waals surface area contributed by atoms with E-state index in [1.54, 1.807) is 0 Å². The van der Waals surface area contributed by atoms with E-state index in [0.717, 1.165) is 37.5 Å². The van der Waals surface area contributed by atoms with Gasteiger partial charge in [0, 0.05) is 29.8 Å². The van der Waals surface area contributed by atoms with E-state index in [9.17, 15) is 0 Å². The number of unbranched alkanes of at least 4 members (excludes halogenated alkanes) is 1. The van der Waals surface area contributed by atoms with Gasteiger partial charge in [-0.3, -0.25) is 0 Å². The number of benzene rings is 1. The SMILES string of the molecule is CCCCN(c1cc(Cl)ccc1CNCCC)C(C)CC. The summed E-state index contributed by atoms with van der Waals surface area (Å²) in [5.41, 5.74) is 2.65. The van der Waals surface area contributed by atoms with Crippen LogP contribution in [-0.4, -0.2) is 19.1 Å². The zero-order chi connectivity index (χ0) is 15.7. The molecule has 0 bridgehead atoms. The first-order chi connectivity index (χ1) is 10.1. The molecular formula is C18H31ClN2. The molecule has 0 saturated carbocycles. The topological polar surface area (TPSA) is 15.3 Å². The fourth-order valence-corrected chi connectivity index (χ4v) is 2.65. The molecule has 0 saturated heterocycles. The Kier molecular flexibility index (Phi) is 8.79. The predicted octanol–water partition coefficient (Wildman–Crippen LogP) is 5.24. The minimum Gasteiger partial charge on any atom is -0.369 e. The van der Waals surface area contributed by atoms with Crippen LogP contribution >= 0.6 is 11.6 Å². The van der Waals surface area contributed by atoms with Crippen molar-refractivity contribution in [3.05, 3.63) is 28.8 Å². The zero-order valence-electron chi connectivity index (χ0n) is 14.1. The van der Waals surface area contributed by atoms with Gasteiger partial charge in [-0.25, -0.2) is 0 Å². The van der Waals surface area contributed by atoms with Crippen LogP contribution in [0.15, 0.2) is 18.2 Å². The third-order valence-corrected chi connectivity index (χ3v) is 4.21. The molecule has 0 fully saturated rings. The van der Waals surface area contributed by atoms with Gasteiger partial charge in [-0.1, -0.05) is 44.9 Å². The highest BCUT2D eigenvalue weighted by molar-refractivity contribution is 6.30. The summed E-state index contributed by atoms with van der Waals surface area (Å²) in [7, 11) is 0. The van der Waals surface area contributed by atoms with Gasteiger partial charge in [-0.15, -0.1) is 0 Å². The van der Waals surface area contributed by atoms with Crippen LogP contribution in [0.25, 0.3) is 0 Å². The standard InChI is InChI=1S/C18H31ClN2/c1-5-8-12-21(15(4)7-3)18-13-17(19)10-9-16(18)14-20-11-6-2/h9-10,13,15,20H,5-8,11-12,14H2,1-4H3. The second kappa shape index (κ2) is 10.1. The summed E-state index contributed by atoms with van der Waals surface area (Å²) < 4.78 is 0. The minimum absolute atomic E-state index is 0.542. The molecule has 0 heterocycles. The summed E-state index contributed by atoms with van der Waals surface area (Å²) in [6.07, 6.45) is 4.75. The van der Waals surface area contributed by atoms with Gasteiger partial charge in [0.25, 0.3) is 0 Å². The molecule has 0 amide bonds. The number of rotatable bonds is 10. The van der Waals surface area contributed by atoms with E-state index in [1.807, 2.05) is 6.07 Å². The highest BCUT2D eigenvalue weighted by Gasteiger charge is 2.16. The van der Waals surface area contributed by atoms with Crippen LogP contribution in [0.2, 0.25) is 5.02 Å². The molecule has 3 heteroatoms. The molecule has 1 aromatic carbocycles. The predicted molar refractivity (Wildman–Crippen MR) is 95.5 cm³/mol. The van der Waals surface area contributed by atoms with Crippen LogP contribution < -0.4 is 10.2 Å². The summed E-state index contributed by atoms with van der Waals surface area (Å²) in [4.78, 5) is 2.53. The fourth-order valence-electron chi connectivity index (χ4n) is 2.48. The lowest BCUT2D eigenvalue weighted by molar-refractivity contribution is 0.590. The van der Waals surface area contributed by atoms with E-state index in [0.29, 0.717) is 6.04 Å². The average molecular weight is 311 g/mol. The van der Waals surface area contributed by atoms with Gasteiger partial charge in [-0.05, 0) is 50.4 Å². The van der Waals surface area contributed by atoms with Crippen molar-refractivity contribution in [1.82, 2.24) is 5.32 Å². The van der Waals surface area contributed by atoms with E-state index >= 15 is 0 Å². The van der Waals surface area contributed by atoms with Gasteiger partial charge < -0.3 is 10.2 Å². The molecule has 1 atom stereocenters. The van der Waals surface area contributed by atoms with Crippen LogP contribution in [-0.2, 0) is 6.54 Å². The lowest BCUT2D eigenvalue weighted by Gasteiger charge is -2.33. The third kappa shape index (κ3) is 5.88. The van der Waals surface area contributed by atoms with Crippen molar-refractivity contribution in [2.24, 2.45) is 0 Å². The van der Waals surface area contributed by atoms with Crippen molar-refractivity contribution in [3.63, 3.8) is 0 Å². The lowest BCUT2D eigenvalue weighted by Crippen LogP contribution is -2.34. The Morgan fingerprint density at radius 1 is 1.19 bits per heavy atom. The number of hydrogen-bond acceptors (Lipinski definition) is 2. The van der Waals surface area contributed by atoms with Crippen LogP contribution in [0.5, 0.6) is 0 Å². The van der Waals surface area contributed by atoms with Crippen molar-refractivity contribution >= 4 is 17.3 Å². The van der Waals surface area contributed by atoms with Crippen LogP contribution in [0, 0.1) is 0 Å². The summed E-state index contributed by atoms with van der Waals surface area (Å²) >= 11 is 6.26. The molecule has 0 aliphatic rings. The maximum atomic E-state index is 6.26. The van der Waals surface area contributed by atoms with Crippen molar-refractivity contribution in [3.8, 4) is 0 Å². The molecule has 21 heavy (non-hydrogen) atoms. The highest BCUT2D eigenvalue weighted by atomic mass is 35.5. The lowest BCUT2D eigenvalue weighted by atomic mass is 10.1. The van der Waals surface area contributed by atoms with Crippen LogP contribution in [0.3, 0.4) is 0 Å². The van der Waals surface area contributed by atoms with E-state index in [-0.39, 0.29) is 0 Å². The molecule has 0 aliphatic carbocycles. The third-order valence-electron chi connectivity index (χ3n) is 3.97. The molecule has 2 nitrogen and oxygen atoms in total. The van der Waals surface area contributed by atoms with Gasteiger partial charge in [0.2, 0.25) is 0 Å². The maximum Gasteiger partial charge on any atom is 0.0429 e. The Labute approximate surface area is 135 Å². The number of nitrogens with one attached hydrogen (secondary N) is 1. The first-order valence-corrected chi connectivity index (χ1v) is 8.77. The maximum absolute atomic E-state index is 6.26. The summed E-state index contributed by atoms with van der Waals surface area (Å²) in [5.74, 6) is 0. The Balaban J connectivity index is 2.99. The van der Waals surface area contributed by atoms with Gasteiger partial charge in [0.05, 0.1) is 0 Å². The van der Waals surface area contributed by atoms with E-state index in [4.69, 9.17) is 11.6 Å². The summed E-state index contributed by atoms with van der Waals surface area (Å²) in [6, 6.07) is 6.84. The monoisotopic (exact) mass is 310 g/mol. The number of hydrogen-bond donors (Lipinski definition) is 1. The molecule has 1 N–H and O–H groups in total. The quantitative estimate of drug-likeness (QED) is 0.594. The second-order valence-corrected chi connectivity index (χ2v) is 6.19. The van der Waals surface area contributed by atoms with Gasteiger partial charge in [-0.2, -0.15) is 0 Å². The van der Waals surface area contributed by atoms with Gasteiger partial charge in [0.1, 0.15) is 0 Å². The zero-order valence-corrected chi connectivity index (χ0v) is 14.8. The molecule has 0 spiro atoms. The first-order valence-electron chi connectivity index (χ1n) is 8.39. The van der Waals surface area contributed by atoms with E-state index in [1.165, 1.54) is 24.1 Å². The van der Waals surface area contributed by atoms with Gasteiger partial charge >= 0.3 is 0 Å². The van der Waals surface area contributed by atoms with E-state index < -0.39 is 0 Å². The van der Waals surface area contributed by atoms with Crippen molar-refractivity contribution in [2.45, 2.75) is 66.0 Å². The first kappa shape index (κ1) is 18.3. The molecule has 1 unspecified atom stereocenters. The highest BCUT2D eigenvalue weighted by Crippen LogP contribution is 2.28. The molecule has 1 rings (SSSR count). The average Bonchev–Trinajstić information content (AvgIpc) is 2.49. The smallest absolute Gasteiger partial charge is 0.0429 e. The molecule has 1 aromatic rings. The van der Waals surface area contributed by atoms with Crippen molar-refractivity contribution in [1.29, 1.82) is 0 Å². The Morgan fingerprint density at radius 2 is 1.95 bits per heavy atom. The van der Waals surface area contributed by atoms with Crippen LogP contribution in [0.1, 0.15) is 58.9 Å². The van der Waals surface area contributed by atoms with E-state index in [2.05, 4.69) is 50.0 Å². The Morgan fingerprint density at radius 3 is 2.57 bits per heavy atom. The normalized spacial score (nSPS) is 12.4. The molecular weight excluding hydrogens is 280 g/mol. The fraction of sp³-hybridized carbons (Fsp3) is 0.667. The van der Waals surface area contributed by atoms with Crippen molar-refractivity contribution in [2.75, 3.05) is 18.0 Å². The van der Waals surface area contributed by atoms with Crippen molar-refractivity contribution < 1.29 is 0 Å². The largest absolute Gasteiger partial charge is 0.369 e. The molecule has 0 aliphatic heterocycles. The number of nitrogens with zero attached hydrogens (tertiary/aromatic N) is 1. The molecule has 120 valence electrons. The number of anilines is 1. The van der Waals surface area contributed by atoms with Gasteiger partial charge in [0.15, 0.2) is 0 Å². The summed E-state index contributed by atoms with van der Waals surface area (Å²) in [6.45, 7) is 12.1. The number of halogens is 1. The van der Waals surface area contributed by atoms with Crippen LogP contribution in [0.4, 0.5) is 5.69 Å². The Hall–Kier alpha value is -0.730. The molecule has 0 radical (unpaired) electrons. The Bertz CT molecular complexity index is 406. The second-order valence-electron chi connectivity index (χ2n) is 5.75.